The van der Waals surface area contributed by atoms with Gasteiger partial charge in [0.2, 0.25) is 5.91 Å². The largest absolute Gasteiger partial charge is 0.389 e. The van der Waals surface area contributed by atoms with Gasteiger partial charge in [-0.1, -0.05) is 36.4 Å². The molecule has 2 aromatic carbocycles. The van der Waals surface area contributed by atoms with E-state index >= 15 is 0 Å². The van der Waals surface area contributed by atoms with Crippen LogP contribution in [0.1, 0.15) is 34.5 Å². The second-order valence-corrected chi connectivity index (χ2v) is 5.13. The molecule has 1 amide bonds. The maximum atomic E-state index is 12.6. The van der Waals surface area contributed by atoms with Crippen LogP contribution in [0.15, 0.2) is 48.5 Å². The fraction of sp³-hybridized carbons (Fsp3) is 0.176. The molecule has 0 radical (unpaired) electrons. The number of rotatable bonds is 5. The van der Waals surface area contributed by atoms with Gasteiger partial charge in [0.25, 0.3) is 0 Å². The highest BCUT2D eigenvalue weighted by atomic mass is 35.5. The van der Waals surface area contributed by atoms with Gasteiger partial charge in [-0.25, -0.2) is 0 Å². The average Bonchev–Trinajstić information content (AvgIpc) is 2.55. The normalized spacial score (nSPS) is 11.8. The van der Waals surface area contributed by atoms with Crippen molar-refractivity contribution in [2.45, 2.75) is 13.0 Å². The van der Waals surface area contributed by atoms with Crippen molar-refractivity contribution in [3.8, 4) is 0 Å². The fourth-order valence-electron chi connectivity index (χ4n) is 2.05. The van der Waals surface area contributed by atoms with E-state index in [9.17, 15) is 14.7 Å². The Morgan fingerprint density at radius 1 is 1.18 bits per heavy atom. The molecule has 0 bridgehead atoms. The van der Waals surface area contributed by atoms with Gasteiger partial charge in [0.15, 0.2) is 5.78 Å². The van der Waals surface area contributed by atoms with Crippen LogP contribution >= 0.6 is 11.6 Å². The molecule has 0 aliphatic heterocycles. The van der Waals surface area contributed by atoms with Crippen molar-refractivity contribution in [3.05, 3.63) is 65.2 Å². The van der Waals surface area contributed by atoms with Crippen LogP contribution in [0.2, 0.25) is 0 Å². The van der Waals surface area contributed by atoms with Crippen molar-refractivity contribution in [1.82, 2.24) is 0 Å². The van der Waals surface area contributed by atoms with Crippen molar-refractivity contribution in [2.24, 2.45) is 0 Å². The molecule has 1 unspecified atom stereocenters. The molecule has 1 atom stereocenters. The molecular weight excluding hydrogens is 302 g/mol. The van der Waals surface area contributed by atoms with E-state index in [4.69, 9.17) is 11.6 Å². The Kier molecular flexibility index (Phi) is 5.31. The standard InChI is InChI=1S/C17H16ClNO3/c1-11(20)13-7-8-15(19-16(21)10-18)14(9-13)17(22)12-5-3-2-4-6-12/h2-9,11,20H,10H2,1H3,(H,19,21). The van der Waals surface area contributed by atoms with Crippen molar-refractivity contribution in [3.63, 3.8) is 0 Å². The monoisotopic (exact) mass is 317 g/mol. The lowest BCUT2D eigenvalue weighted by atomic mass is 9.98. The van der Waals surface area contributed by atoms with Crippen molar-refractivity contribution in [2.75, 3.05) is 11.2 Å². The molecule has 2 N–H and O–H groups in total. The van der Waals surface area contributed by atoms with Gasteiger partial charge in [-0.05, 0) is 24.6 Å². The van der Waals surface area contributed by atoms with Crippen LogP contribution in [0.5, 0.6) is 0 Å². The highest BCUT2D eigenvalue weighted by molar-refractivity contribution is 6.29. The maximum Gasteiger partial charge on any atom is 0.239 e. The third kappa shape index (κ3) is 3.72. The first-order valence-electron chi connectivity index (χ1n) is 6.80. The zero-order valence-electron chi connectivity index (χ0n) is 12.0. The fourth-order valence-corrected chi connectivity index (χ4v) is 2.11. The molecule has 0 aliphatic rings. The lowest BCUT2D eigenvalue weighted by Crippen LogP contribution is -2.16. The van der Waals surface area contributed by atoms with Crippen LogP contribution in [-0.2, 0) is 4.79 Å². The topological polar surface area (TPSA) is 66.4 Å². The van der Waals surface area contributed by atoms with Gasteiger partial charge in [-0.3, -0.25) is 9.59 Å². The number of amides is 1. The van der Waals surface area contributed by atoms with Crippen molar-refractivity contribution >= 4 is 29.0 Å². The van der Waals surface area contributed by atoms with E-state index in [1.807, 2.05) is 6.07 Å². The summed E-state index contributed by atoms with van der Waals surface area (Å²) < 4.78 is 0. The highest BCUT2D eigenvalue weighted by Gasteiger charge is 2.17. The average molecular weight is 318 g/mol. The highest BCUT2D eigenvalue weighted by Crippen LogP contribution is 2.24. The summed E-state index contributed by atoms with van der Waals surface area (Å²) in [4.78, 5) is 24.2. The minimum absolute atomic E-state index is 0.197. The summed E-state index contributed by atoms with van der Waals surface area (Å²) in [5.74, 6) is -0.821. The van der Waals surface area contributed by atoms with Crippen LogP contribution in [0, 0.1) is 0 Å². The van der Waals surface area contributed by atoms with E-state index in [-0.39, 0.29) is 11.7 Å². The number of hydrogen-bond acceptors (Lipinski definition) is 3. The first kappa shape index (κ1) is 16.2. The molecule has 0 fully saturated rings. The SMILES string of the molecule is CC(O)c1ccc(NC(=O)CCl)c(C(=O)c2ccccc2)c1. The first-order valence-corrected chi connectivity index (χ1v) is 7.34. The summed E-state index contributed by atoms with van der Waals surface area (Å²) in [5, 5.41) is 12.3. The number of ketones is 1. The number of aliphatic hydroxyl groups is 1. The van der Waals surface area contributed by atoms with Gasteiger partial charge in [0.05, 0.1) is 11.8 Å². The molecule has 0 spiro atoms. The number of nitrogens with one attached hydrogen (secondary N) is 1. The van der Waals surface area contributed by atoms with Gasteiger partial charge < -0.3 is 10.4 Å². The molecule has 114 valence electrons. The Morgan fingerprint density at radius 2 is 1.86 bits per heavy atom. The number of benzene rings is 2. The summed E-state index contributed by atoms with van der Waals surface area (Å²) in [6.07, 6.45) is -0.708. The third-order valence-electron chi connectivity index (χ3n) is 3.20. The summed E-state index contributed by atoms with van der Waals surface area (Å²) in [7, 11) is 0. The molecule has 0 heterocycles. The summed E-state index contributed by atoms with van der Waals surface area (Å²) >= 11 is 5.50. The predicted octanol–water partition coefficient (Wildman–Crippen LogP) is 3.15. The van der Waals surface area contributed by atoms with Gasteiger partial charge in [-0.15, -0.1) is 11.6 Å². The summed E-state index contributed by atoms with van der Waals surface area (Å²) in [6, 6.07) is 13.6. The predicted molar refractivity (Wildman–Crippen MR) is 86.3 cm³/mol. The Balaban J connectivity index is 2.47. The van der Waals surface area contributed by atoms with E-state index in [1.165, 1.54) is 0 Å². The number of aliphatic hydroxyl groups excluding tert-OH is 1. The lowest BCUT2D eigenvalue weighted by molar-refractivity contribution is -0.113. The number of halogens is 1. The number of hydrogen-bond donors (Lipinski definition) is 2. The molecule has 22 heavy (non-hydrogen) atoms. The Morgan fingerprint density at radius 3 is 2.45 bits per heavy atom. The molecule has 0 saturated carbocycles. The van der Waals surface area contributed by atoms with E-state index in [0.717, 1.165) is 0 Å². The second kappa shape index (κ2) is 7.20. The van der Waals surface area contributed by atoms with Crippen molar-refractivity contribution in [1.29, 1.82) is 0 Å². The Labute approximate surface area is 133 Å². The molecule has 4 nitrogen and oxygen atoms in total. The molecular formula is C17H16ClNO3. The first-order chi connectivity index (χ1) is 10.5. The number of carbonyl (C=O) groups excluding carboxylic acids is 2. The smallest absolute Gasteiger partial charge is 0.239 e. The minimum Gasteiger partial charge on any atom is -0.389 e. The molecule has 0 saturated heterocycles. The van der Waals surface area contributed by atoms with E-state index < -0.39 is 12.0 Å². The quantitative estimate of drug-likeness (QED) is 0.657. The zero-order valence-corrected chi connectivity index (χ0v) is 12.8. The Hall–Kier alpha value is -2.17. The van der Waals surface area contributed by atoms with Gasteiger partial charge in [0, 0.05) is 11.1 Å². The maximum absolute atomic E-state index is 12.6. The number of anilines is 1. The van der Waals surface area contributed by atoms with Gasteiger partial charge >= 0.3 is 0 Å². The number of alkyl halides is 1. The van der Waals surface area contributed by atoms with Crippen LogP contribution < -0.4 is 5.32 Å². The number of carbonyl (C=O) groups is 2. The van der Waals surface area contributed by atoms with Crippen LogP contribution in [0.25, 0.3) is 0 Å². The third-order valence-corrected chi connectivity index (χ3v) is 3.44. The van der Waals surface area contributed by atoms with Crippen LogP contribution in [-0.4, -0.2) is 22.7 Å². The molecule has 2 rings (SSSR count). The molecule has 0 aliphatic carbocycles. The van der Waals surface area contributed by atoms with E-state index in [1.54, 1.807) is 49.4 Å². The van der Waals surface area contributed by atoms with Crippen LogP contribution in [0.3, 0.4) is 0 Å². The second-order valence-electron chi connectivity index (χ2n) is 4.86. The van der Waals surface area contributed by atoms with Gasteiger partial charge in [0.1, 0.15) is 5.88 Å². The summed E-state index contributed by atoms with van der Waals surface area (Å²) in [5.41, 5.74) is 1.81. The molecule has 5 heteroatoms. The minimum atomic E-state index is -0.708. The van der Waals surface area contributed by atoms with E-state index in [2.05, 4.69) is 5.32 Å². The molecule has 2 aromatic rings. The summed E-state index contributed by atoms with van der Waals surface area (Å²) in [6.45, 7) is 1.61. The Bertz CT molecular complexity index is 684. The van der Waals surface area contributed by atoms with Crippen molar-refractivity contribution < 1.29 is 14.7 Å². The zero-order chi connectivity index (χ0) is 16.1. The van der Waals surface area contributed by atoms with E-state index in [0.29, 0.717) is 22.4 Å². The van der Waals surface area contributed by atoms with Gasteiger partial charge in [-0.2, -0.15) is 0 Å². The lowest BCUT2D eigenvalue weighted by Gasteiger charge is -2.13. The molecule has 0 aromatic heterocycles. The van der Waals surface area contributed by atoms with Crippen LogP contribution in [0.4, 0.5) is 5.69 Å².